The molecule has 2 aliphatic heterocycles. The van der Waals surface area contributed by atoms with Crippen LogP contribution in [-0.2, 0) is 16.6 Å². The van der Waals surface area contributed by atoms with Crippen molar-refractivity contribution in [3.8, 4) is 11.5 Å². The van der Waals surface area contributed by atoms with E-state index in [1.165, 1.54) is 10.6 Å². The molecule has 0 saturated carbocycles. The molecule has 1 aromatic carbocycles. The highest BCUT2D eigenvalue weighted by molar-refractivity contribution is 7.88. The monoisotopic (exact) mass is 346 g/mol. The van der Waals surface area contributed by atoms with Gasteiger partial charge in [-0.15, -0.1) is 0 Å². The molecule has 0 radical (unpaired) electrons. The first-order chi connectivity index (χ1) is 10.4. The van der Waals surface area contributed by atoms with Crippen molar-refractivity contribution in [2.45, 2.75) is 6.54 Å². The Labute approximate surface area is 135 Å². The second-order valence-electron chi connectivity index (χ2n) is 5.54. The van der Waals surface area contributed by atoms with Crippen molar-refractivity contribution in [1.29, 1.82) is 0 Å². The van der Waals surface area contributed by atoms with E-state index in [0.717, 1.165) is 5.56 Å². The van der Waals surface area contributed by atoms with Gasteiger partial charge < -0.3 is 9.47 Å². The summed E-state index contributed by atoms with van der Waals surface area (Å²) in [7, 11) is -3.09. The Morgan fingerprint density at radius 1 is 1.14 bits per heavy atom. The van der Waals surface area contributed by atoms with Crippen molar-refractivity contribution in [2.75, 3.05) is 45.6 Å². The fraction of sp³-hybridized carbons (Fsp3) is 0.571. The molecule has 0 bridgehead atoms. The number of halogens is 1. The molecule has 0 amide bonds. The summed E-state index contributed by atoms with van der Waals surface area (Å²) in [5, 5.41) is 0.557. The minimum atomic E-state index is -3.09. The van der Waals surface area contributed by atoms with Gasteiger partial charge in [-0.25, -0.2) is 8.42 Å². The van der Waals surface area contributed by atoms with Crippen LogP contribution in [0, 0.1) is 0 Å². The number of benzene rings is 1. The largest absolute Gasteiger partial charge is 0.486 e. The molecule has 0 aromatic heterocycles. The van der Waals surface area contributed by atoms with Crippen molar-refractivity contribution in [2.24, 2.45) is 0 Å². The van der Waals surface area contributed by atoms with E-state index in [9.17, 15) is 8.42 Å². The maximum Gasteiger partial charge on any atom is 0.211 e. The molecule has 22 heavy (non-hydrogen) atoms. The van der Waals surface area contributed by atoms with Crippen LogP contribution in [0.4, 0.5) is 0 Å². The number of sulfonamides is 1. The van der Waals surface area contributed by atoms with Gasteiger partial charge >= 0.3 is 0 Å². The molecule has 122 valence electrons. The zero-order chi connectivity index (χ0) is 15.7. The zero-order valence-corrected chi connectivity index (χ0v) is 14.0. The maximum atomic E-state index is 11.5. The van der Waals surface area contributed by atoms with E-state index >= 15 is 0 Å². The molecule has 0 aliphatic carbocycles. The van der Waals surface area contributed by atoms with Crippen LogP contribution in [-0.4, -0.2) is 63.3 Å². The van der Waals surface area contributed by atoms with Crippen LogP contribution < -0.4 is 9.47 Å². The summed E-state index contributed by atoms with van der Waals surface area (Å²) >= 11 is 6.24. The molecule has 1 fully saturated rings. The van der Waals surface area contributed by atoms with Crippen LogP contribution in [0.2, 0.25) is 5.02 Å². The molecule has 0 unspecified atom stereocenters. The van der Waals surface area contributed by atoms with Crippen molar-refractivity contribution in [1.82, 2.24) is 9.21 Å². The first kappa shape index (κ1) is 15.9. The highest BCUT2D eigenvalue weighted by atomic mass is 35.5. The Hall–Kier alpha value is -1.02. The summed E-state index contributed by atoms with van der Waals surface area (Å²) in [5.41, 5.74) is 1.04. The third kappa shape index (κ3) is 3.48. The van der Waals surface area contributed by atoms with Gasteiger partial charge in [-0.1, -0.05) is 11.6 Å². The number of hydrogen-bond donors (Lipinski definition) is 0. The van der Waals surface area contributed by atoms with Crippen LogP contribution in [0.5, 0.6) is 11.5 Å². The topological polar surface area (TPSA) is 59.1 Å². The van der Waals surface area contributed by atoms with E-state index < -0.39 is 10.0 Å². The SMILES string of the molecule is CS(=O)(=O)N1CCN(Cc2cc(Cl)c3c(c2)OCCO3)CC1. The van der Waals surface area contributed by atoms with Crippen molar-refractivity contribution >= 4 is 21.6 Å². The Balaban J connectivity index is 1.66. The van der Waals surface area contributed by atoms with Gasteiger partial charge in [0.2, 0.25) is 10.0 Å². The van der Waals surface area contributed by atoms with Gasteiger partial charge in [0.25, 0.3) is 0 Å². The maximum absolute atomic E-state index is 11.5. The van der Waals surface area contributed by atoms with Crippen LogP contribution >= 0.6 is 11.6 Å². The van der Waals surface area contributed by atoms with Crippen LogP contribution in [0.1, 0.15) is 5.56 Å². The highest BCUT2D eigenvalue weighted by Gasteiger charge is 2.24. The second kappa shape index (κ2) is 6.23. The average Bonchev–Trinajstić information content (AvgIpc) is 2.47. The van der Waals surface area contributed by atoms with Gasteiger partial charge in [-0.05, 0) is 17.7 Å². The van der Waals surface area contributed by atoms with Crippen molar-refractivity contribution in [3.63, 3.8) is 0 Å². The van der Waals surface area contributed by atoms with Gasteiger partial charge in [0, 0.05) is 32.7 Å². The van der Waals surface area contributed by atoms with Crippen LogP contribution in [0.25, 0.3) is 0 Å². The first-order valence-electron chi connectivity index (χ1n) is 7.19. The van der Waals surface area contributed by atoms with Gasteiger partial charge in [-0.2, -0.15) is 4.31 Å². The predicted molar refractivity (Wildman–Crippen MR) is 84.1 cm³/mol. The standard InChI is InChI=1S/C14H19ClN2O4S/c1-22(18,19)17-4-2-16(3-5-17)10-11-8-12(15)14-13(9-11)20-6-7-21-14/h8-9H,2-7,10H2,1H3. The van der Waals surface area contributed by atoms with Crippen LogP contribution in [0.15, 0.2) is 12.1 Å². The molecule has 8 heteroatoms. The predicted octanol–water partition coefficient (Wildman–Crippen LogP) is 1.19. The van der Waals surface area contributed by atoms with Crippen molar-refractivity contribution in [3.05, 3.63) is 22.7 Å². The number of rotatable bonds is 3. The minimum Gasteiger partial charge on any atom is -0.486 e. The summed E-state index contributed by atoms with van der Waals surface area (Å²) in [5.74, 6) is 1.29. The zero-order valence-electron chi connectivity index (χ0n) is 12.4. The molecule has 1 aromatic rings. The van der Waals surface area contributed by atoms with Gasteiger partial charge in [0.05, 0.1) is 11.3 Å². The third-order valence-electron chi connectivity index (χ3n) is 3.86. The summed E-state index contributed by atoms with van der Waals surface area (Å²) in [4.78, 5) is 2.21. The van der Waals surface area contributed by atoms with E-state index in [1.807, 2.05) is 12.1 Å². The molecule has 2 aliphatic rings. The summed E-state index contributed by atoms with van der Waals surface area (Å²) in [6, 6.07) is 3.83. The smallest absolute Gasteiger partial charge is 0.211 e. The molecule has 2 heterocycles. The lowest BCUT2D eigenvalue weighted by Gasteiger charge is -2.33. The average molecular weight is 347 g/mol. The van der Waals surface area contributed by atoms with E-state index in [-0.39, 0.29) is 0 Å². The highest BCUT2D eigenvalue weighted by Crippen LogP contribution is 2.38. The molecule has 0 atom stereocenters. The Morgan fingerprint density at radius 3 is 2.50 bits per heavy atom. The summed E-state index contributed by atoms with van der Waals surface area (Å²) < 4.78 is 35.6. The molecule has 6 nitrogen and oxygen atoms in total. The Kier molecular flexibility index (Phi) is 4.49. The lowest BCUT2D eigenvalue weighted by molar-refractivity contribution is 0.169. The number of fused-ring (bicyclic) bond motifs is 1. The lowest BCUT2D eigenvalue weighted by Crippen LogP contribution is -2.47. The van der Waals surface area contributed by atoms with Gasteiger partial charge in [-0.3, -0.25) is 4.90 Å². The molecule has 1 saturated heterocycles. The second-order valence-corrected chi connectivity index (χ2v) is 7.93. The minimum absolute atomic E-state index is 0.513. The van der Waals surface area contributed by atoms with Gasteiger partial charge in [0.1, 0.15) is 13.2 Å². The summed E-state index contributed by atoms with van der Waals surface area (Å²) in [6.45, 7) is 4.22. The number of nitrogens with zero attached hydrogens (tertiary/aromatic N) is 2. The van der Waals surface area contributed by atoms with E-state index in [0.29, 0.717) is 62.5 Å². The van der Waals surface area contributed by atoms with Crippen LogP contribution in [0.3, 0.4) is 0 Å². The summed E-state index contributed by atoms with van der Waals surface area (Å²) in [6.07, 6.45) is 1.25. The number of ether oxygens (including phenoxy) is 2. The quantitative estimate of drug-likeness (QED) is 0.822. The van der Waals surface area contributed by atoms with E-state index in [1.54, 1.807) is 0 Å². The molecular weight excluding hydrogens is 328 g/mol. The normalized spacial score (nSPS) is 20.1. The molecule has 3 rings (SSSR count). The van der Waals surface area contributed by atoms with E-state index in [2.05, 4.69) is 4.90 Å². The molecule has 0 N–H and O–H groups in total. The van der Waals surface area contributed by atoms with Gasteiger partial charge in [0.15, 0.2) is 11.5 Å². The number of piperazine rings is 1. The van der Waals surface area contributed by atoms with E-state index in [4.69, 9.17) is 21.1 Å². The Bertz CT molecular complexity index is 657. The fourth-order valence-corrected chi connectivity index (χ4v) is 3.85. The first-order valence-corrected chi connectivity index (χ1v) is 9.41. The Morgan fingerprint density at radius 2 is 1.82 bits per heavy atom. The lowest BCUT2D eigenvalue weighted by atomic mass is 10.1. The fourth-order valence-electron chi connectivity index (χ4n) is 2.73. The number of hydrogen-bond acceptors (Lipinski definition) is 5. The molecular formula is C14H19ClN2O4S. The van der Waals surface area contributed by atoms with Crippen molar-refractivity contribution < 1.29 is 17.9 Å². The third-order valence-corrected chi connectivity index (χ3v) is 5.45. The molecule has 0 spiro atoms.